The highest BCUT2D eigenvalue weighted by Gasteiger charge is 2.37. The predicted octanol–water partition coefficient (Wildman–Crippen LogP) is 0.810. The Kier molecular flexibility index (Phi) is 3.65. The normalized spacial score (nSPS) is 19.2. The molecule has 126 valence electrons. The molecule has 0 aliphatic carbocycles. The summed E-state index contributed by atoms with van der Waals surface area (Å²) in [6.07, 6.45) is 0. The summed E-state index contributed by atoms with van der Waals surface area (Å²) in [6.45, 7) is 2.25. The van der Waals surface area contributed by atoms with E-state index < -0.39 is 9.84 Å². The number of aromatic nitrogens is 2. The highest BCUT2D eigenvalue weighted by molar-refractivity contribution is 7.91. The average Bonchev–Trinajstić information content (AvgIpc) is 3.14. The van der Waals surface area contributed by atoms with Gasteiger partial charge in [-0.1, -0.05) is 30.3 Å². The van der Waals surface area contributed by atoms with E-state index in [-0.39, 0.29) is 23.4 Å². The fourth-order valence-electron chi connectivity index (χ4n) is 3.11. The minimum atomic E-state index is -3.42. The fraction of sp³-hybridized carbons (Fsp3) is 0.375. The summed E-state index contributed by atoms with van der Waals surface area (Å²) in [5.41, 5.74) is 1.54. The Balaban J connectivity index is 1.87. The molecule has 1 saturated heterocycles. The smallest absolute Gasteiger partial charge is 0.272 e. The van der Waals surface area contributed by atoms with Crippen molar-refractivity contribution < 1.29 is 17.9 Å². The van der Waals surface area contributed by atoms with Gasteiger partial charge < -0.3 is 14.2 Å². The van der Waals surface area contributed by atoms with Gasteiger partial charge in [0.15, 0.2) is 0 Å². The van der Waals surface area contributed by atoms with Crippen LogP contribution in [0.2, 0.25) is 0 Å². The lowest BCUT2D eigenvalue weighted by Crippen LogP contribution is -2.41. The summed E-state index contributed by atoms with van der Waals surface area (Å²) in [7, 11) is -3.42. The van der Waals surface area contributed by atoms with E-state index in [0.717, 1.165) is 5.56 Å². The van der Waals surface area contributed by atoms with Crippen LogP contribution in [0.25, 0.3) is 11.3 Å². The van der Waals surface area contributed by atoms with E-state index in [4.69, 9.17) is 4.74 Å². The topological polar surface area (TPSA) is 81.5 Å². The zero-order chi connectivity index (χ0) is 16.7. The molecule has 0 spiro atoms. The second-order valence-corrected chi connectivity index (χ2v) is 7.84. The predicted molar refractivity (Wildman–Crippen MR) is 86.4 cm³/mol. The molecule has 2 aliphatic rings. The van der Waals surface area contributed by atoms with E-state index in [1.807, 2.05) is 30.3 Å². The number of hydrogen-bond donors (Lipinski definition) is 0. The van der Waals surface area contributed by atoms with Crippen LogP contribution in [0.5, 0.6) is 0 Å². The fourth-order valence-corrected chi connectivity index (χ4v) is 4.46. The number of carbonyl (C=O) groups excluding carboxylic acids is 1. The van der Waals surface area contributed by atoms with Crippen LogP contribution in [0.15, 0.2) is 35.5 Å². The van der Waals surface area contributed by atoms with Crippen LogP contribution in [-0.2, 0) is 21.1 Å². The first kappa shape index (κ1) is 15.3. The molecule has 0 N–H and O–H groups in total. The average molecular weight is 347 g/mol. The second-order valence-electron chi connectivity index (χ2n) is 5.83. The Labute approximate surface area is 139 Å². The Hall–Kier alpha value is -2.19. The van der Waals surface area contributed by atoms with Gasteiger partial charge in [0.25, 0.3) is 5.91 Å². The molecule has 24 heavy (non-hydrogen) atoms. The Morgan fingerprint density at radius 2 is 1.79 bits per heavy atom. The number of morpholine rings is 1. The van der Waals surface area contributed by atoms with E-state index in [1.165, 1.54) is 0 Å². The van der Waals surface area contributed by atoms with Crippen LogP contribution in [0.1, 0.15) is 10.5 Å². The number of fused-ring (bicyclic) bond motifs is 1. The van der Waals surface area contributed by atoms with Crippen molar-refractivity contribution in [1.82, 2.24) is 14.5 Å². The van der Waals surface area contributed by atoms with Crippen molar-refractivity contribution in [2.45, 2.75) is 11.7 Å². The SMILES string of the molecule is O=C(c1c(-c2ccccc2)nc2n1CCS2(=O)=O)N1CCOCC1. The van der Waals surface area contributed by atoms with Gasteiger partial charge in [-0.05, 0) is 0 Å². The van der Waals surface area contributed by atoms with E-state index in [9.17, 15) is 13.2 Å². The Bertz CT molecular complexity index is 884. The van der Waals surface area contributed by atoms with Crippen molar-refractivity contribution in [3.8, 4) is 11.3 Å². The first-order valence-electron chi connectivity index (χ1n) is 7.84. The van der Waals surface area contributed by atoms with Gasteiger partial charge in [0, 0.05) is 25.2 Å². The van der Waals surface area contributed by atoms with Crippen molar-refractivity contribution in [3.05, 3.63) is 36.0 Å². The quantitative estimate of drug-likeness (QED) is 0.803. The third-order valence-corrected chi connectivity index (χ3v) is 5.93. The third kappa shape index (κ3) is 2.42. The number of benzene rings is 1. The van der Waals surface area contributed by atoms with E-state index >= 15 is 0 Å². The molecule has 0 saturated carbocycles. The van der Waals surface area contributed by atoms with Crippen molar-refractivity contribution in [2.24, 2.45) is 0 Å². The molecule has 0 atom stereocenters. The van der Waals surface area contributed by atoms with Crippen molar-refractivity contribution >= 4 is 15.7 Å². The van der Waals surface area contributed by atoms with Gasteiger partial charge in [0.2, 0.25) is 15.0 Å². The number of sulfone groups is 1. The number of amides is 1. The largest absolute Gasteiger partial charge is 0.378 e. The van der Waals surface area contributed by atoms with Crippen molar-refractivity contribution in [3.63, 3.8) is 0 Å². The molecule has 7 nitrogen and oxygen atoms in total. The Morgan fingerprint density at radius 3 is 2.50 bits per heavy atom. The molecule has 1 aromatic heterocycles. The van der Waals surface area contributed by atoms with Crippen LogP contribution >= 0.6 is 0 Å². The van der Waals surface area contributed by atoms with E-state index in [2.05, 4.69) is 4.98 Å². The summed E-state index contributed by atoms with van der Waals surface area (Å²) in [6, 6.07) is 9.23. The Morgan fingerprint density at radius 1 is 1.08 bits per heavy atom. The lowest BCUT2D eigenvalue weighted by Gasteiger charge is -2.27. The zero-order valence-electron chi connectivity index (χ0n) is 13.0. The maximum Gasteiger partial charge on any atom is 0.272 e. The summed E-state index contributed by atoms with van der Waals surface area (Å²) in [5.74, 6) is -0.193. The minimum absolute atomic E-state index is 0.00189. The van der Waals surface area contributed by atoms with Gasteiger partial charge in [-0.3, -0.25) is 4.79 Å². The number of nitrogens with zero attached hydrogens (tertiary/aromatic N) is 3. The molecule has 0 unspecified atom stereocenters. The van der Waals surface area contributed by atoms with Gasteiger partial charge in [0.1, 0.15) is 11.4 Å². The number of carbonyl (C=O) groups is 1. The van der Waals surface area contributed by atoms with E-state index in [1.54, 1.807) is 9.47 Å². The van der Waals surface area contributed by atoms with Crippen LogP contribution in [0, 0.1) is 0 Å². The van der Waals surface area contributed by atoms with Gasteiger partial charge in [0.05, 0.1) is 19.0 Å². The van der Waals surface area contributed by atoms with Crippen molar-refractivity contribution in [1.29, 1.82) is 0 Å². The summed E-state index contributed by atoms with van der Waals surface area (Å²) in [4.78, 5) is 19.1. The molecular weight excluding hydrogens is 330 g/mol. The molecular formula is C16H17N3O4S. The molecule has 2 aliphatic heterocycles. The molecule has 1 amide bonds. The van der Waals surface area contributed by atoms with Gasteiger partial charge >= 0.3 is 0 Å². The molecule has 8 heteroatoms. The molecule has 0 bridgehead atoms. The first-order valence-corrected chi connectivity index (χ1v) is 9.49. The third-order valence-electron chi connectivity index (χ3n) is 4.34. The number of imidazole rings is 1. The van der Waals surface area contributed by atoms with Crippen molar-refractivity contribution in [2.75, 3.05) is 32.1 Å². The lowest BCUT2D eigenvalue weighted by atomic mass is 10.1. The number of hydrogen-bond acceptors (Lipinski definition) is 5. The van der Waals surface area contributed by atoms with Crippen LogP contribution in [0.4, 0.5) is 0 Å². The summed E-state index contributed by atoms with van der Waals surface area (Å²) < 4.78 is 31.3. The standard InChI is InChI=1S/C16H17N3O4S/c20-15(18-6-9-23-10-7-18)14-13(12-4-2-1-3-5-12)17-16-19(14)8-11-24(16,21)22/h1-5H,6-11H2. The first-order chi connectivity index (χ1) is 11.6. The molecule has 1 fully saturated rings. The molecule has 4 rings (SSSR count). The molecule has 2 aromatic rings. The van der Waals surface area contributed by atoms with Gasteiger partial charge in [-0.2, -0.15) is 0 Å². The van der Waals surface area contributed by atoms with Gasteiger partial charge in [-0.15, -0.1) is 0 Å². The molecule has 1 aromatic carbocycles. The van der Waals surface area contributed by atoms with E-state index in [0.29, 0.717) is 37.7 Å². The highest BCUT2D eigenvalue weighted by atomic mass is 32.2. The monoisotopic (exact) mass is 347 g/mol. The summed E-state index contributed by atoms with van der Waals surface area (Å²) >= 11 is 0. The van der Waals surface area contributed by atoms with Crippen LogP contribution in [-0.4, -0.2) is 60.8 Å². The van der Waals surface area contributed by atoms with Crippen LogP contribution in [0.3, 0.4) is 0 Å². The maximum atomic E-state index is 13.0. The maximum absolute atomic E-state index is 13.0. The highest BCUT2D eigenvalue weighted by Crippen LogP contribution is 2.31. The molecule has 0 radical (unpaired) electrons. The number of ether oxygens (including phenoxy) is 1. The minimum Gasteiger partial charge on any atom is -0.378 e. The zero-order valence-corrected chi connectivity index (χ0v) is 13.8. The summed E-state index contributed by atoms with van der Waals surface area (Å²) in [5, 5.41) is -0.00189. The van der Waals surface area contributed by atoms with Crippen LogP contribution < -0.4 is 0 Å². The second kappa shape index (κ2) is 5.71. The number of rotatable bonds is 2. The van der Waals surface area contributed by atoms with Gasteiger partial charge in [-0.25, -0.2) is 13.4 Å². The lowest BCUT2D eigenvalue weighted by molar-refractivity contribution is 0.0296. The molecule has 3 heterocycles.